The third-order valence-corrected chi connectivity index (χ3v) is 7.65. The van der Waals surface area contributed by atoms with Gasteiger partial charge in [0, 0.05) is 16.8 Å². The molecule has 0 spiro atoms. The van der Waals surface area contributed by atoms with Crippen LogP contribution in [0.3, 0.4) is 0 Å². The fourth-order valence-electron chi connectivity index (χ4n) is 4.21. The highest BCUT2D eigenvalue weighted by Gasteiger charge is 2.25. The van der Waals surface area contributed by atoms with E-state index in [1.54, 1.807) is 12.1 Å². The molecule has 34 heavy (non-hydrogen) atoms. The summed E-state index contributed by atoms with van der Waals surface area (Å²) in [6.07, 6.45) is 2.75. The first-order valence-electron chi connectivity index (χ1n) is 11.2. The number of amides is 1. The van der Waals surface area contributed by atoms with Gasteiger partial charge in [-0.1, -0.05) is 53.7 Å². The summed E-state index contributed by atoms with van der Waals surface area (Å²) in [6, 6.07) is 18.2. The lowest BCUT2D eigenvalue weighted by atomic mass is 9.82. The summed E-state index contributed by atoms with van der Waals surface area (Å²) in [5.74, 6) is 0.736. The normalized spacial score (nSPS) is 15.7. The number of rotatable bonds is 6. The van der Waals surface area contributed by atoms with Gasteiger partial charge in [-0.25, -0.2) is 4.98 Å². The van der Waals surface area contributed by atoms with Crippen LogP contribution in [0, 0.1) is 18.3 Å². The number of hydrogen-bond acceptors (Lipinski definition) is 5. The Balaban J connectivity index is 1.50. The summed E-state index contributed by atoms with van der Waals surface area (Å²) in [5.41, 5.74) is 5.39. The van der Waals surface area contributed by atoms with E-state index in [0.717, 1.165) is 36.1 Å². The molecule has 7 heteroatoms. The van der Waals surface area contributed by atoms with Gasteiger partial charge in [-0.05, 0) is 67.9 Å². The molecule has 0 radical (unpaired) electrons. The van der Waals surface area contributed by atoms with Crippen LogP contribution in [0.25, 0.3) is 0 Å². The van der Waals surface area contributed by atoms with E-state index in [1.165, 1.54) is 24.4 Å². The average molecular weight is 492 g/mol. The van der Waals surface area contributed by atoms with Crippen molar-refractivity contribution < 1.29 is 9.53 Å². The zero-order chi connectivity index (χ0) is 24.2. The van der Waals surface area contributed by atoms with E-state index in [0.29, 0.717) is 33.0 Å². The number of nitrogens with zero attached hydrogens (tertiary/aromatic N) is 2. The molecule has 0 aliphatic heterocycles. The van der Waals surface area contributed by atoms with E-state index in [9.17, 15) is 10.1 Å². The molecule has 174 valence electrons. The largest absolute Gasteiger partial charge is 0.495 e. The van der Waals surface area contributed by atoms with Crippen LogP contribution < -0.4 is 10.1 Å². The number of halogens is 1. The smallest absolute Gasteiger partial charge is 0.237 e. The second kappa shape index (κ2) is 10.5. The van der Waals surface area contributed by atoms with E-state index in [2.05, 4.69) is 35.7 Å². The summed E-state index contributed by atoms with van der Waals surface area (Å²) in [4.78, 5) is 17.8. The molecular formula is C27H26ClN3O2S. The quantitative estimate of drug-likeness (QED) is 0.408. The van der Waals surface area contributed by atoms with Gasteiger partial charge in [-0.15, -0.1) is 0 Å². The van der Waals surface area contributed by atoms with Crippen molar-refractivity contribution in [3.63, 3.8) is 0 Å². The molecule has 2 atom stereocenters. The summed E-state index contributed by atoms with van der Waals surface area (Å²) in [5, 5.41) is 13.4. The van der Waals surface area contributed by atoms with Crippen LogP contribution in [0.2, 0.25) is 5.02 Å². The number of carbonyl (C=O) groups is 1. The fraction of sp³-hybridized carbons (Fsp3) is 0.296. The Labute approximate surface area is 209 Å². The van der Waals surface area contributed by atoms with Gasteiger partial charge in [-0.3, -0.25) is 4.79 Å². The number of aromatic nitrogens is 1. The number of thioether (sulfide) groups is 1. The Hall–Kier alpha value is -3.01. The van der Waals surface area contributed by atoms with Crippen molar-refractivity contribution in [3.8, 4) is 11.8 Å². The van der Waals surface area contributed by atoms with Gasteiger partial charge in [0.25, 0.3) is 0 Å². The topological polar surface area (TPSA) is 75.0 Å². The number of methoxy groups -OCH3 is 1. The molecule has 1 aromatic heterocycles. The third-order valence-electron chi connectivity index (χ3n) is 6.14. The minimum Gasteiger partial charge on any atom is -0.495 e. The summed E-state index contributed by atoms with van der Waals surface area (Å²) >= 11 is 7.47. The van der Waals surface area contributed by atoms with Crippen molar-refractivity contribution in [3.05, 3.63) is 81.5 Å². The van der Waals surface area contributed by atoms with Crippen molar-refractivity contribution >= 4 is 35.0 Å². The molecule has 1 aliphatic carbocycles. The average Bonchev–Trinajstić information content (AvgIpc) is 2.85. The second-order valence-corrected chi connectivity index (χ2v) is 10.2. The van der Waals surface area contributed by atoms with E-state index in [-0.39, 0.29) is 5.91 Å². The van der Waals surface area contributed by atoms with Crippen LogP contribution in [0.5, 0.6) is 5.75 Å². The molecule has 0 saturated carbocycles. The van der Waals surface area contributed by atoms with Crippen molar-refractivity contribution in [1.29, 1.82) is 5.26 Å². The van der Waals surface area contributed by atoms with E-state index in [4.69, 9.17) is 21.3 Å². The Bertz CT molecular complexity index is 1260. The van der Waals surface area contributed by atoms with Crippen LogP contribution in [0.15, 0.2) is 53.6 Å². The first-order valence-corrected chi connectivity index (χ1v) is 12.4. The second-order valence-electron chi connectivity index (χ2n) is 8.46. The Kier molecular flexibility index (Phi) is 7.45. The van der Waals surface area contributed by atoms with E-state index < -0.39 is 5.25 Å². The molecule has 0 bridgehead atoms. The number of anilines is 1. The standard InChI is InChI=1S/C27H26ClN3O2S/c1-16-11-24(25(33-3)14-22(16)28)30-26(32)17(2)34-27-21(15-29)13-20-12-19(9-10-23(20)31-27)18-7-5-4-6-8-18/h4-8,11,13-14,17,19H,9-10,12H2,1-3H3,(H,30,32). The molecule has 1 heterocycles. The molecule has 0 saturated heterocycles. The summed E-state index contributed by atoms with van der Waals surface area (Å²) < 4.78 is 5.36. The van der Waals surface area contributed by atoms with Gasteiger partial charge in [0.1, 0.15) is 16.8 Å². The summed E-state index contributed by atoms with van der Waals surface area (Å²) in [7, 11) is 1.54. The molecule has 4 rings (SSSR count). The third kappa shape index (κ3) is 5.22. The highest BCUT2D eigenvalue weighted by atomic mass is 35.5. The van der Waals surface area contributed by atoms with Crippen molar-refractivity contribution in [2.24, 2.45) is 0 Å². The van der Waals surface area contributed by atoms with Gasteiger partial charge in [0.2, 0.25) is 5.91 Å². The Morgan fingerprint density at radius 3 is 2.76 bits per heavy atom. The van der Waals surface area contributed by atoms with Gasteiger partial charge in [0.15, 0.2) is 0 Å². The molecule has 1 amide bonds. The van der Waals surface area contributed by atoms with Gasteiger partial charge < -0.3 is 10.1 Å². The number of fused-ring (bicyclic) bond motifs is 1. The number of benzene rings is 2. The maximum absolute atomic E-state index is 12.9. The Morgan fingerprint density at radius 1 is 1.29 bits per heavy atom. The van der Waals surface area contributed by atoms with Crippen molar-refractivity contribution in [2.45, 2.75) is 49.3 Å². The van der Waals surface area contributed by atoms with E-state index >= 15 is 0 Å². The minimum atomic E-state index is -0.459. The lowest BCUT2D eigenvalue weighted by Gasteiger charge is -2.25. The number of nitrogens with one attached hydrogen (secondary N) is 1. The lowest BCUT2D eigenvalue weighted by molar-refractivity contribution is -0.115. The number of hydrogen-bond donors (Lipinski definition) is 1. The SMILES string of the molecule is COc1cc(Cl)c(C)cc1NC(=O)C(C)Sc1nc2c(cc1C#N)CC(c1ccccc1)CC2. The van der Waals surface area contributed by atoms with Gasteiger partial charge >= 0.3 is 0 Å². The monoisotopic (exact) mass is 491 g/mol. The zero-order valence-corrected chi connectivity index (χ0v) is 21.0. The maximum Gasteiger partial charge on any atom is 0.237 e. The van der Waals surface area contributed by atoms with E-state index in [1.807, 2.05) is 26.0 Å². The number of ether oxygens (including phenoxy) is 1. The fourth-order valence-corrected chi connectivity index (χ4v) is 5.26. The van der Waals surface area contributed by atoms with Crippen LogP contribution in [0.4, 0.5) is 5.69 Å². The molecule has 1 N–H and O–H groups in total. The van der Waals surface area contributed by atoms with Crippen LogP contribution >= 0.6 is 23.4 Å². The van der Waals surface area contributed by atoms with Gasteiger partial charge in [0.05, 0.1) is 23.6 Å². The van der Waals surface area contributed by atoms with Crippen LogP contribution in [-0.4, -0.2) is 23.3 Å². The van der Waals surface area contributed by atoms with Crippen LogP contribution in [-0.2, 0) is 17.6 Å². The predicted molar refractivity (Wildman–Crippen MR) is 137 cm³/mol. The molecule has 2 aromatic carbocycles. The maximum atomic E-state index is 12.9. The van der Waals surface area contributed by atoms with Crippen LogP contribution in [0.1, 0.15) is 47.2 Å². The molecule has 2 unspecified atom stereocenters. The first-order chi connectivity index (χ1) is 16.4. The van der Waals surface area contributed by atoms with Gasteiger partial charge in [-0.2, -0.15) is 5.26 Å². The summed E-state index contributed by atoms with van der Waals surface area (Å²) in [6.45, 7) is 3.68. The highest BCUT2D eigenvalue weighted by molar-refractivity contribution is 8.00. The molecule has 3 aromatic rings. The molecule has 1 aliphatic rings. The Morgan fingerprint density at radius 2 is 2.06 bits per heavy atom. The predicted octanol–water partition coefficient (Wildman–Crippen LogP) is 6.32. The highest BCUT2D eigenvalue weighted by Crippen LogP contribution is 2.36. The molecule has 0 fully saturated rings. The zero-order valence-electron chi connectivity index (χ0n) is 19.4. The minimum absolute atomic E-state index is 0.197. The number of pyridine rings is 1. The molecular weight excluding hydrogens is 466 g/mol. The lowest BCUT2D eigenvalue weighted by Crippen LogP contribution is -2.23. The number of carbonyl (C=O) groups excluding carboxylic acids is 1. The number of nitriles is 1. The van der Waals surface area contributed by atoms with Crippen molar-refractivity contribution in [2.75, 3.05) is 12.4 Å². The first kappa shape index (κ1) is 24.1. The molecule has 5 nitrogen and oxygen atoms in total. The number of aryl methyl sites for hydroxylation is 2. The van der Waals surface area contributed by atoms with Crippen molar-refractivity contribution in [1.82, 2.24) is 4.98 Å².